The molecule has 3 atom stereocenters. The largest absolute Gasteiger partial charge is 0.366 e. The average Bonchev–Trinajstić information content (AvgIpc) is 3.60. The molecule has 2 heterocycles. The third kappa shape index (κ3) is 6.88. The highest BCUT2D eigenvalue weighted by Crippen LogP contribution is 2.48. The fraction of sp³-hybridized carbons (Fsp3) is 0.182. The highest BCUT2D eigenvalue weighted by Gasteiger charge is 2.43. The molecule has 3 amide bonds. The minimum atomic E-state index is -0.579. The number of nitrogens with one attached hydrogen (secondary N) is 1. The smallest absolute Gasteiger partial charge is 0.248 e. The predicted molar refractivity (Wildman–Crippen MR) is 166 cm³/mol. The molecule has 3 N–H and O–H groups in total. The Morgan fingerprint density at radius 3 is 2.41 bits per heavy atom. The fourth-order valence-electron chi connectivity index (χ4n) is 4.56. The van der Waals surface area contributed by atoms with Crippen LogP contribution >= 0.6 is 23.1 Å². The van der Waals surface area contributed by atoms with E-state index in [1.807, 2.05) is 72.8 Å². The molecular formula is C33H29N3O3S2. The monoisotopic (exact) mass is 579 g/mol. The van der Waals surface area contributed by atoms with Crippen molar-refractivity contribution in [3.63, 3.8) is 0 Å². The van der Waals surface area contributed by atoms with Crippen molar-refractivity contribution >= 4 is 46.5 Å². The Morgan fingerprint density at radius 2 is 1.68 bits per heavy atom. The number of nitrogens with zero attached hydrogens (tertiary/aromatic N) is 1. The third-order valence-electron chi connectivity index (χ3n) is 6.77. The maximum atomic E-state index is 13.8. The van der Waals surface area contributed by atoms with Crippen molar-refractivity contribution in [2.24, 2.45) is 5.73 Å². The lowest BCUT2D eigenvalue weighted by Gasteiger charge is -2.23. The first-order valence-electron chi connectivity index (χ1n) is 13.3. The van der Waals surface area contributed by atoms with Crippen LogP contribution in [0.4, 0.5) is 5.69 Å². The molecule has 1 aromatic heterocycles. The second-order valence-corrected chi connectivity index (χ2v) is 12.1. The number of nitrogens with two attached hydrogens (primary N) is 1. The number of amides is 3. The van der Waals surface area contributed by atoms with Crippen molar-refractivity contribution in [2.45, 2.75) is 29.9 Å². The predicted octanol–water partition coefficient (Wildman–Crippen LogP) is 5.70. The van der Waals surface area contributed by atoms with E-state index in [4.69, 9.17) is 5.73 Å². The maximum absolute atomic E-state index is 13.8. The highest BCUT2D eigenvalue weighted by molar-refractivity contribution is 8.01. The van der Waals surface area contributed by atoms with Gasteiger partial charge in [0.25, 0.3) is 0 Å². The van der Waals surface area contributed by atoms with Crippen LogP contribution in [0.1, 0.15) is 55.9 Å². The van der Waals surface area contributed by atoms with Gasteiger partial charge in [0.2, 0.25) is 17.7 Å². The minimum Gasteiger partial charge on any atom is -0.366 e. The van der Waals surface area contributed by atoms with Crippen LogP contribution in [0.25, 0.3) is 0 Å². The standard InChI is InChI=1S/C33H29N3O3S2/c1-22(24-11-6-3-7-12-24)21-35-30(37)20-29-32(39)36(26-14-8-13-25(19-26)31(34)38)33(41-29)28-18-17-27(40-28)16-15-23-9-4-2-5-10-23/h2-14,17-19,22,29,33H,20-21H2,1H3,(H2,34,38)(H,35,37). The first-order valence-corrected chi connectivity index (χ1v) is 15.0. The number of benzene rings is 3. The number of thiophene rings is 1. The van der Waals surface area contributed by atoms with Gasteiger partial charge in [0.15, 0.2) is 0 Å². The van der Waals surface area contributed by atoms with Crippen LogP contribution < -0.4 is 16.0 Å². The number of thioether (sulfide) groups is 1. The molecule has 0 aliphatic carbocycles. The van der Waals surface area contributed by atoms with Gasteiger partial charge in [-0.1, -0.05) is 73.4 Å². The molecular weight excluding hydrogens is 551 g/mol. The Kier molecular flexibility index (Phi) is 8.88. The second kappa shape index (κ2) is 12.9. The normalized spacial score (nSPS) is 17.0. The summed E-state index contributed by atoms with van der Waals surface area (Å²) in [4.78, 5) is 42.1. The van der Waals surface area contributed by atoms with E-state index < -0.39 is 11.2 Å². The van der Waals surface area contributed by atoms with Crippen LogP contribution in [-0.4, -0.2) is 29.5 Å². The number of hydrogen-bond acceptors (Lipinski definition) is 5. The van der Waals surface area contributed by atoms with Gasteiger partial charge in [-0.15, -0.1) is 23.1 Å². The van der Waals surface area contributed by atoms with Crippen molar-refractivity contribution in [3.05, 3.63) is 124 Å². The number of primary amides is 1. The lowest BCUT2D eigenvalue weighted by molar-refractivity contribution is -0.124. The van der Waals surface area contributed by atoms with E-state index in [-0.39, 0.29) is 29.5 Å². The summed E-state index contributed by atoms with van der Waals surface area (Å²) in [6.07, 6.45) is 0.0551. The van der Waals surface area contributed by atoms with Gasteiger partial charge in [0, 0.05) is 34.7 Å². The van der Waals surface area contributed by atoms with E-state index >= 15 is 0 Å². The van der Waals surface area contributed by atoms with Crippen LogP contribution in [0.3, 0.4) is 0 Å². The van der Waals surface area contributed by atoms with Crippen molar-refractivity contribution in [3.8, 4) is 11.8 Å². The lowest BCUT2D eigenvalue weighted by Crippen LogP contribution is -2.35. The summed E-state index contributed by atoms with van der Waals surface area (Å²) >= 11 is 2.95. The van der Waals surface area contributed by atoms with Crippen LogP contribution in [0.15, 0.2) is 97.1 Å². The fourth-order valence-corrected chi connectivity index (χ4v) is 7.06. The number of carbonyl (C=O) groups excluding carboxylic acids is 3. The molecule has 4 aromatic rings. The zero-order valence-corrected chi connectivity index (χ0v) is 24.1. The van der Waals surface area contributed by atoms with Crippen molar-refractivity contribution in [1.29, 1.82) is 0 Å². The van der Waals surface area contributed by atoms with E-state index in [1.54, 1.807) is 29.2 Å². The Bertz CT molecular complexity index is 1610. The molecule has 5 rings (SSSR count). The summed E-state index contributed by atoms with van der Waals surface area (Å²) in [5.41, 5.74) is 8.47. The summed E-state index contributed by atoms with van der Waals surface area (Å²) in [6.45, 7) is 2.54. The molecule has 0 radical (unpaired) electrons. The molecule has 206 valence electrons. The molecule has 0 saturated carbocycles. The van der Waals surface area contributed by atoms with Gasteiger partial charge in [-0.2, -0.15) is 0 Å². The molecule has 6 nitrogen and oxygen atoms in total. The van der Waals surface area contributed by atoms with Crippen molar-refractivity contribution in [2.75, 3.05) is 11.4 Å². The molecule has 3 unspecified atom stereocenters. The number of rotatable bonds is 8. The van der Waals surface area contributed by atoms with Crippen molar-refractivity contribution < 1.29 is 14.4 Å². The van der Waals surface area contributed by atoms with E-state index in [0.717, 1.165) is 20.9 Å². The first kappa shape index (κ1) is 28.2. The number of anilines is 1. The molecule has 1 aliphatic rings. The zero-order chi connectivity index (χ0) is 28.8. The van der Waals surface area contributed by atoms with E-state index in [9.17, 15) is 14.4 Å². The number of hydrogen-bond donors (Lipinski definition) is 2. The van der Waals surface area contributed by atoms with Gasteiger partial charge in [0.1, 0.15) is 5.37 Å². The Morgan fingerprint density at radius 1 is 0.951 bits per heavy atom. The third-order valence-corrected chi connectivity index (χ3v) is 9.39. The van der Waals surface area contributed by atoms with E-state index in [2.05, 4.69) is 24.1 Å². The molecule has 0 spiro atoms. The Labute approximate surface area is 248 Å². The molecule has 3 aromatic carbocycles. The molecule has 1 aliphatic heterocycles. The van der Waals surface area contributed by atoms with Gasteiger partial charge < -0.3 is 11.1 Å². The molecule has 1 saturated heterocycles. The minimum absolute atomic E-state index is 0.0551. The zero-order valence-electron chi connectivity index (χ0n) is 22.4. The van der Waals surface area contributed by atoms with Crippen LogP contribution in [0, 0.1) is 11.8 Å². The summed E-state index contributed by atoms with van der Waals surface area (Å²) in [6, 6.07) is 30.4. The average molecular weight is 580 g/mol. The van der Waals surface area contributed by atoms with Gasteiger partial charge in [-0.05, 0) is 53.9 Å². The SMILES string of the molecule is CC(CNC(=O)CC1SC(c2ccc(C#Cc3ccccc3)s2)N(c2cccc(C(N)=O)c2)C1=O)c1ccccc1. The van der Waals surface area contributed by atoms with Crippen LogP contribution in [0.5, 0.6) is 0 Å². The summed E-state index contributed by atoms with van der Waals surface area (Å²) < 4.78 is 0. The van der Waals surface area contributed by atoms with Crippen LogP contribution in [-0.2, 0) is 9.59 Å². The van der Waals surface area contributed by atoms with Gasteiger partial charge >= 0.3 is 0 Å². The molecule has 0 bridgehead atoms. The lowest BCUT2D eigenvalue weighted by atomic mass is 10.0. The van der Waals surface area contributed by atoms with Crippen LogP contribution in [0.2, 0.25) is 0 Å². The number of carbonyl (C=O) groups is 3. The summed E-state index contributed by atoms with van der Waals surface area (Å²) in [7, 11) is 0. The quantitative estimate of drug-likeness (QED) is 0.262. The van der Waals surface area contributed by atoms with E-state index in [1.165, 1.54) is 23.1 Å². The summed E-state index contributed by atoms with van der Waals surface area (Å²) in [5, 5.41) is 2.05. The van der Waals surface area contributed by atoms with Crippen molar-refractivity contribution in [1.82, 2.24) is 5.32 Å². The van der Waals surface area contributed by atoms with Gasteiger partial charge in [-0.3, -0.25) is 19.3 Å². The Hall–Kier alpha value is -4.32. The Balaban J connectivity index is 1.35. The topological polar surface area (TPSA) is 92.5 Å². The maximum Gasteiger partial charge on any atom is 0.248 e. The summed E-state index contributed by atoms with van der Waals surface area (Å²) in [5.74, 6) is 5.61. The molecule has 8 heteroatoms. The van der Waals surface area contributed by atoms with Gasteiger partial charge in [-0.25, -0.2) is 0 Å². The highest BCUT2D eigenvalue weighted by atomic mass is 32.2. The van der Waals surface area contributed by atoms with Gasteiger partial charge in [0.05, 0.1) is 10.1 Å². The molecule has 41 heavy (non-hydrogen) atoms. The second-order valence-electron chi connectivity index (χ2n) is 9.74. The molecule has 1 fully saturated rings. The first-order chi connectivity index (χ1) is 19.9. The van der Waals surface area contributed by atoms with E-state index in [0.29, 0.717) is 17.8 Å².